The molecule has 0 aliphatic rings. The van der Waals surface area contributed by atoms with Gasteiger partial charge in [0, 0.05) is 19.6 Å². The number of rotatable bonds is 8. The third-order valence-corrected chi connectivity index (χ3v) is 4.75. The molecule has 0 aliphatic carbocycles. The van der Waals surface area contributed by atoms with E-state index in [9.17, 15) is 17.6 Å². The van der Waals surface area contributed by atoms with Gasteiger partial charge < -0.3 is 9.73 Å². The number of nitrogens with one attached hydrogen (secondary N) is 1. The maximum Gasteiger partial charge on any atom is 0.287 e. The van der Waals surface area contributed by atoms with Crippen LogP contribution in [-0.2, 0) is 16.4 Å². The zero-order valence-electron chi connectivity index (χ0n) is 13.2. The van der Waals surface area contributed by atoms with Crippen molar-refractivity contribution in [1.29, 1.82) is 0 Å². The fourth-order valence-corrected chi connectivity index (χ4v) is 3.02. The number of halogens is 1. The zero-order valence-corrected chi connectivity index (χ0v) is 14.1. The maximum absolute atomic E-state index is 13.6. The second-order valence-electron chi connectivity index (χ2n) is 5.24. The molecule has 0 aliphatic heterocycles. The third kappa shape index (κ3) is 5.17. The summed E-state index contributed by atoms with van der Waals surface area (Å²) in [6.45, 7) is 0.361. The summed E-state index contributed by atoms with van der Waals surface area (Å²) in [7, 11) is -3.46. The van der Waals surface area contributed by atoms with Crippen LogP contribution in [0, 0.1) is 5.82 Å². The van der Waals surface area contributed by atoms with Gasteiger partial charge in [-0.2, -0.15) is 0 Å². The lowest BCUT2D eigenvalue weighted by atomic mass is 10.1. The quantitative estimate of drug-likeness (QED) is 0.782. The number of carbonyl (C=O) groups is 1. The Morgan fingerprint density at radius 3 is 2.58 bits per heavy atom. The van der Waals surface area contributed by atoms with E-state index in [4.69, 9.17) is 4.42 Å². The fraction of sp³-hybridized carbons (Fsp3) is 0.312. The smallest absolute Gasteiger partial charge is 0.287 e. The van der Waals surface area contributed by atoms with Crippen molar-refractivity contribution < 1.29 is 22.0 Å². The highest BCUT2D eigenvalue weighted by Gasteiger charge is 2.17. The van der Waals surface area contributed by atoms with Gasteiger partial charge in [0.2, 0.25) is 10.0 Å². The van der Waals surface area contributed by atoms with Gasteiger partial charge in [-0.3, -0.25) is 4.79 Å². The highest BCUT2D eigenvalue weighted by atomic mass is 32.2. The lowest BCUT2D eigenvalue weighted by Crippen LogP contribution is -2.39. The molecule has 1 N–H and O–H groups in total. The lowest BCUT2D eigenvalue weighted by molar-refractivity contribution is 0.0924. The Kier molecular flexibility index (Phi) is 6.10. The van der Waals surface area contributed by atoms with Crippen LogP contribution in [-0.4, -0.2) is 44.5 Å². The predicted octanol–water partition coefficient (Wildman–Crippen LogP) is 1.65. The van der Waals surface area contributed by atoms with Gasteiger partial charge in [-0.05, 0) is 30.2 Å². The monoisotopic (exact) mass is 354 g/mol. The summed E-state index contributed by atoms with van der Waals surface area (Å²) in [5, 5.41) is 2.58. The number of benzene rings is 1. The maximum atomic E-state index is 13.6. The Bertz CT molecular complexity index is 775. The van der Waals surface area contributed by atoms with Crippen molar-refractivity contribution in [3.05, 3.63) is 59.8 Å². The van der Waals surface area contributed by atoms with E-state index in [1.165, 1.54) is 22.7 Å². The van der Waals surface area contributed by atoms with Crippen LogP contribution in [0.25, 0.3) is 0 Å². The molecule has 1 amide bonds. The van der Waals surface area contributed by atoms with Gasteiger partial charge in [0.05, 0.1) is 12.5 Å². The highest BCUT2D eigenvalue weighted by Crippen LogP contribution is 2.09. The molecule has 130 valence electrons. The van der Waals surface area contributed by atoms with Crippen LogP contribution >= 0.6 is 0 Å². The number of amides is 1. The van der Waals surface area contributed by atoms with Gasteiger partial charge in [0.25, 0.3) is 5.91 Å². The van der Waals surface area contributed by atoms with Crippen molar-refractivity contribution in [3.8, 4) is 0 Å². The number of furan rings is 1. The van der Waals surface area contributed by atoms with E-state index in [1.54, 1.807) is 24.3 Å². The van der Waals surface area contributed by atoms with Crippen molar-refractivity contribution in [3.63, 3.8) is 0 Å². The minimum absolute atomic E-state index is 0.0970. The van der Waals surface area contributed by atoms with Gasteiger partial charge in [-0.25, -0.2) is 17.1 Å². The molecule has 0 radical (unpaired) electrons. The molecule has 2 aromatic rings. The van der Waals surface area contributed by atoms with Crippen molar-refractivity contribution in [2.45, 2.75) is 6.42 Å². The molecular formula is C16H19FN2O4S. The lowest BCUT2D eigenvalue weighted by Gasteiger charge is -2.20. The first-order chi connectivity index (χ1) is 11.4. The second kappa shape index (κ2) is 8.07. The molecule has 1 heterocycles. The molecule has 0 fully saturated rings. The predicted molar refractivity (Wildman–Crippen MR) is 87.6 cm³/mol. The number of hydrogen-bond donors (Lipinski definition) is 1. The molecule has 1 aromatic carbocycles. The molecule has 0 unspecified atom stereocenters. The molecule has 2 rings (SSSR count). The summed E-state index contributed by atoms with van der Waals surface area (Å²) in [6.07, 6.45) is 2.72. The summed E-state index contributed by atoms with van der Waals surface area (Å²) in [5.74, 6) is -0.619. The van der Waals surface area contributed by atoms with E-state index >= 15 is 0 Å². The summed E-state index contributed by atoms with van der Waals surface area (Å²) < 4.78 is 43.5. The summed E-state index contributed by atoms with van der Waals surface area (Å²) in [6, 6.07) is 9.34. The normalized spacial score (nSPS) is 11.6. The Hall–Kier alpha value is -2.19. The van der Waals surface area contributed by atoms with Crippen LogP contribution in [0.3, 0.4) is 0 Å². The van der Waals surface area contributed by atoms with Crippen LogP contribution in [0.1, 0.15) is 16.1 Å². The summed E-state index contributed by atoms with van der Waals surface area (Å²) >= 11 is 0. The first-order valence-corrected chi connectivity index (χ1v) is 9.23. The van der Waals surface area contributed by atoms with Gasteiger partial charge in [0.15, 0.2) is 5.76 Å². The molecule has 1 aromatic heterocycles. The summed E-state index contributed by atoms with van der Waals surface area (Å²) in [5.41, 5.74) is 0.450. The molecule has 0 saturated carbocycles. The van der Waals surface area contributed by atoms with E-state index < -0.39 is 15.9 Å². The molecular weight excluding hydrogens is 335 g/mol. The van der Waals surface area contributed by atoms with Crippen molar-refractivity contribution >= 4 is 15.9 Å². The Morgan fingerprint density at radius 1 is 1.21 bits per heavy atom. The summed E-state index contributed by atoms with van der Waals surface area (Å²) in [4.78, 5) is 11.7. The molecule has 0 atom stereocenters. The van der Waals surface area contributed by atoms with E-state index in [2.05, 4.69) is 5.32 Å². The van der Waals surface area contributed by atoms with Crippen LogP contribution < -0.4 is 5.32 Å². The van der Waals surface area contributed by atoms with Gasteiger partial charge in [-0.1, -0.05) is 18.2 Å². The topological polar surface area (TPSA) is 79.6 Å². The highest BCUT2D eigenvalue weighted by molar-refractivity contribution is 7.88. The van der Waals surface area contributed by atoms with E-state index in [0.717, 1.165) is 6.26 Å². The Morgan fingerprint density at radius 2 is 1.96 bits per heavy atom. The third-order valence-electron chi connectivity index (χ3n) is 3.45. The van der Waals surface area contributed by atoms with E-state index in [-0.39, 0.29) is 37.6 Å². The van der Waals surface area contributed by atoms with Crippen LogP contribution in [0.4, 0.5) is 4.39 Å². The first kappa shape index (κ1) is 18.2. The molecule has 8 heteroatoms. The second-order valence-corrected chi connectivity index (χ2v) is 7.22. The van der Waals surface area contributed by atoms with Crippen LogP contribution in [0.5, 0.6) is 0 Å². The Labute approximate surface area is 140 Å². The van der Waals surface area contributed by atoms with Gasteiger partial charge in [-0.15, -0.1) is 0 Å². The average molecular weight is 354 g/mol. The average Bonchev–Trinajstić information content (AvgIpc) is 3.05. The molecule has 6 nitrogen and oxygen atoms in total. The number of nitrogens with zero attached hydrogens (tertiary/aromatic N) is 1. The largest absolute Gasteiger partial charge is 0.459 e. The number of carbonyl (C=O) groups excluding carboxylic acids is 1. The minimum atomic E-state index is -3.46. The molecule has 0 bridgehead atoms. The van der Waals surface area contributed by atoms with Gasteiger partial charge in [0.1, 0.15) is 5.82 Å². The fourth-order valence-electron chi connectivity index (χ4n) is 2.18. The van der Waals surface area contributed by atoms with Crippen molar-refractivity contribution in [1.82, 2.24) is 9.62 Å². The van der Waals surface area contributed by atoms with Crippen LogP contribution in [0.2, 0.25) is 0 Å². The number of sulfonamides is 1. The van der Waals surface area contributed by atoms with Crippen molar-refractivity contribution in [2.75, 3.05) is 25.9 Å². The Balaban J connectivity index is 1.89. The zero-order chi connectivity index (χ0) is 17.6. The van der Waals surface area contributed by atoms with Crippen molar-refractivity contribution in [2.24, 2.45) is 0 Å². The molecule has 0 spiro atoms. The minimum Gasteiger partial charge on any atom is -0.459 e. The van der Waals surface area contributed by atoms with E-state index in [0.29, 0.717) is 5.56 Å². The van der Waals surface area contributed by atoms with Crippen LogP contribution in [0.15, 0.2) is 47.1 Å². The van der Waals surface area contributed by atoms with Gasteiger partial charge >= 0.3 is 0 Å². The standard InChI is InChI=1S/C16H19FN2O4S/c1-24(21,22)19(10-8-13-5-2-3-6-14(13)17)11-9-18-16(20)15-7-4-12-23-15/h2-7,12H,8-11H2,1H3,(H,18,20). The van der Waals surface area contributed by atoms with E-state index in [1.807, 2.05) is 0 Å². The number of hydrogen-bond acceptors (Lipinski definition) is 4. The molecule has 0 saturated heterocycles. The SMILES string of the molecule is CS(=O)(=O)N(CCNC(=O)c1ccco1)CCc1ccccc1F. The molecule has 24 heavy (non-hydrogen) atoms. The first-order valence-electron chi connectivity index (χ1n) is 7.38.